The standard InChI is InChI=1S/C17H15NO/c1-13(14-7-3-2-4-8-14)18-11-15(12-19)16-9-5-6-10-17(16)18/h2-13H,1H3. The van der Waals surface area contributed by atoms with Gasteiger partial charge in [-0.2, -0.15) is 0 Å². The van der Waals surface area contributed by atoms with E-state index in [9.17, 15) is 4.79 Å². The summed E-state index contributed by atoms with van der Waals surface area (Å²) in [6, 6.07) is 18.5. The summed E-state index contributed by atoms with van der Waals surface area (Å²) in [5.74, 6) is 0. The fraction of sp³-hybridized carbons (Fsp3) is 0.118. The second-order valence-corrected chi connectivity index (χ2v) is 4.71. The minimum absolute atomic E-state index is 0.208. The van der Waals surface area contributed by atoms with Crippen molar-refractivity contribution in [2.24, 2.45) is 0 Å². The van der Waals surface area contributed by atoms with Gasteiger partial charge in [0.2, 0.25) is 0 Å². The zero-order valence-corrected chi connectivity index (χ0v) is 10.8. The first-order valence-corrected chi connectivity index (χ1v) is 6.41. The third-order valence-corrected chi connectivity index (χ3v) is 3.60. The molecule has 0 radical (unpaired) electrons. The first-order chi connectivity index (χ1) is 9.31. The maximum Gasteiger partial charge on any atom is 0.152 e. The van der Waals surface area contributed by atoms with Crippen molar-refractivity contribution in [3.63, 3.8) is 0 Å². The van der Waals surface area contributed by atoms with E-state index >= 15 is 0 Å². The van der Waals surface area contributed by atoms with Gasteiger partial charge in [0.15, 0.2) is 6.29 Å². The Bertz CT molecular complexity index is 712. The van der Waals surface area contributed by atoms with Gasteiger partial charge >= 0.3 is 0 Å². The first-order valence-electron chi connectivity index (χ1n) is 6.41. The van der Waals surface area contributed by atoms with Crippen LogP contribution in [0.15, 0.2) is 60.8 Å². The lowest BCUT2D eigenvalue weighted by atomic mass is 10.1. The Balaban J connectivity index is 2.18. The van der Waals surface area contributed by atoms with Crippen LogP contribution >= 0.6 is 0 Å². The van der Waals surface area contributed by atoms with Crippen molar-refractivity contribution < 1.29 is 4.79 Å². The number of aromatic nitrogens is 1. The Labute approximate surface area is 112 Å². The molecule has 0 aliphatic carbocycles. The van der Waals surface area contributed by atoms with Crippen LogP contribution in [0.4, 0.5) is 0 Å². The molecule has 3 rings (SSSR count). The van der Waals surface area contributed by atoms with E-state index < -0.39 is 0 Å². The van der Waals surface area contributed by atoms with Gasteiger partial charge in [-0.15, -0.1) is 0 Å². The monoisotopic (exact) mass is 249 g/mol. The average Bonchev–Trinajstić information content (AvgIpc) is 2.86. The third-order valence-electron chi connectivity index (χ3n) is 3.60. The zero-order chi connectivity index (χ0) is 13.2. The molecule has 0 N–H and O–H groups in total. The van der Waals surface area contributed by atoms with Crippen LogP contribution in [0.3, 0.4) is 0 Å². The molecule has 0 saturated carbocycles. The Morgan fingerprint density at radius 2 is 1.68 bits per heavy atom. The molecule has 1 unspecified atom stereocenters. The van der Waals surface area contributed by atoms with Crippen molar-refractivity contribution in [3.05, 3.63) is 71.9 Å². The number of para-hydroxylation sites is 1. The molecule has 1 aromatic heterocycles. The Hall–Kier alpha value is -2.35. The molecule has 3 aromatic rings. The molecule has 0 fully saturated rings. The van der Waals surface area contributed by atoms with Crippen molar-refractivity contribution >= 4 is 17.2 Å². The molecule has 0 aliphatic rings. The van der Waals surface area contributed by atoms with Crippen LogP contribution in [0.1, 0.15) is 28.9 Å². The van der Waals surface area contributed by atoms with E-state index in [-0.39, 0.29) is 6.04 Å². The first kappa shape index (κ1) is 11.7. The smallest absolute Gasteiger partial charge is 0.152 e. The Morgan fingerprint density at radius 3 is 2.42 bits per heavy atom. The van der Waals surface area contributed by atoms with Crippen LogP contribution in [0.2, 0.25) is 0 Å². The van der Waals surface area contributed by atoms with E-state index in [1.165, 1.54) is 5.56 Å². The van der Waals surface area contributed by atoms with Crippen molar-refractivity contribution in [1.29, 1.82) is 0 Å². The second-order valence-electron chi connectivity index (χ2n) is 4.71. The summed E-state index contributed by atoms with van der Waals surface area (Å²) in [5, 5.41) is 1.01. The van der Waals surface area contributed by atoms with Crippen molar-refractivity contribution in [2.75, 3.05) is 0 Å². The molecular formula is C17H15NO. The normalized spacial score (nSPS) is 12.5. The van der Waals surface area contributed by atoms with Gasteiger partial charge in [-0.25, -0.2) is 0 Å². The topological polar surface area (TPSA) is 22.0 Å². The highest BCUT2D eigenvalue weighted by molar-refractivity contribution is 5.97. The fourth-order valence-corrected chi connectivity index (χ4v) is 2.54. The van der Waals surface area contributed by atoms with E-state index in [0.29, 0.717) is 0 Å². The highest BCUT2D eigenvalue weighted by atomic mass is 16.1. The van der Waals surface area contributed by atoms with Gasteiger partial charge in [0.05, 0.1) is 6.04 Å². The largest absolute Gasteiger partial charge is 0.340 e. The molecule has 19 heavy (non-hydrogen) atoms. The molecule has 0 saturated heterocycles. The van der Waals surface area contributed by atoms with Crippen molar-refractivity contribution in [1.82, 2.24) is 4.57 Å². The maximum atomic E-state index is 11.2. The number of carbonyl (C=O) groups is 1. The van der Waals surface area contributed by atoms with Gasteiger partial charge in [0, 0.05) is 22.7 Å². The van der Waals surface area contributed by atoms with E-state index in [2.05, 4.69) is 29.7 Å². The van der Waals surface area contributed by atoms with Gasteiger partial charge < -0.3 is 4.57 Å². The van der Waals surface area contributed by atoms with Gasteiger partial charge in [0.25, 0.3) is 0 Å². The van der Waals surface area contributed by atoms with Crippen LogP contribution in [0.5, 0.6) is 0 Å². The lowest BCUT2D eigenvalue weighted by Gasteiger charge is -2.15. The molecular weight excluding hydrogens is 234 g/mol. The number of aldehydes is 1. The van der Waals surface area contributed by atoms with Gasteiger partial charge in [-0.3, -0.25) is 4.79 Å². The SMILES string of the molecule is CC(c1ccccc1)n1cc(C=O)c2ccccc21. The van der Waals surface area contributed by atoms with Crippen LogP contribution < -0.4 is 0 Å². The summed E-state index contributed by atoms with van der Waals surface area (Å²) in [7, 11) is 0. The summed E-state index contributed by atoms with van der Waals surface area (Å²) < 4.78 is 2.16. The highest BCUT2D eigenvalue weighted by Crippen LogP contribution is 2.27. The molecule has 1 atom stereocenters. The minimum Gasteiger partial charge on any atom is -0.340 e. The maximum absolute atomic E-state index is 11.2. The molecule has 0 bridgehead atoms. The molecule has 94 valence electrons. The van der Waals surface area contributed by atoms with E-state index in [1.54, 1.807) is 0 Å². The summed E-state index contributed by atoms with van der Waals surface area (Å²) in [6.45, 7) is 2.15. The van der Waals surface area contributed by atoms with E-state index in [1.807, 2.05) is 42.6 Å². The number of nitrogens with zero attached hydrogens (tertiary/aromatic N) is 1. The lowest BCUT2D eigenvalue weighted by Crippen LogP contribution is -2.04. The van der Waals surface area contributed by atoms with Gasteiger partial charge in [-0.05, 0) is 18.6 Å². The van der Waals surface area contributed by atoms with Crippen LogP contribution in [0.25, 0.3) is 10.9 Å². The van der Waals surface area contributed by atoms with Crippen molar-refractivity contribution in [2.45, 2.75) is 13.0 Å². The van der Waals surface area contributed by atoms with Crippen molar-refractivity contribution in [3.8, 4) is 0 Å². The number of hydrogen-bond donors (Lipinski definition) is 0. The highest BCUT2D eigenvalue weighted by Gasteiger charge is 2.13. The number of fused-ring (bicyclic) bond motifs is 1. The van der Waals surface area contributed by atoms with E-state index in [0.717, 1.165) is 22.8 Å². The summed E-state index contributed by atoms with van der Waals surface area (Å²) in [5.41, 5.74) is 3.08. The molecule has 1 heterocycles. The number of hydrogen-bond acceptors (Lipinski definition) is 1. The number of rotatable bonds is 3. The Morgan fingerprint density at radius 1 is 1.00 bits per heavy atom. The predicted molar refractivity (Wildman–Crippen MR) is 77.6 cm³/mol. The average molecular weight is 249 g/mol. The predicted octanol–water partition coefficient (Wildman–Crippen LogP) is 4.06. The van der Waals surface area contributed by atoms with Gasteiger partial charge in [-0.1, -0.05) is 48.5 Å². The molecule has 0 spiro atoms. The summed E-state index contributed by atoms with van der Waals surface area (Å²) in [6.07, 6.45) is 2.87. The minimum atomic E-state index is 0.208. The Kier molecular flexibility index (Phi) is 2.92. The van der Waals surface area contributed by atoms with E-state index in [4.69, 9.17) is 0 Å². The van der Waals surface area contributed by atoms with Crippen LogP contribution in [-0.4, -0.2) is 10.9 Å². The molecule has 0 amide bonds. The van der Waals surface area contributed by atoms with Gasteiger partial charge in [0.1, 0.15) is 0 Å². The number of benzene rings is 2. The molecule has 2 heteroatoms. The fourth-order valence-electron chi connectivity index (χ4n) is 2.54. The molecule has 2 aromatic carbocycles. The lowest BCUT2D eigenvalue weighted by molar-refractivity contribution is 0.112. The van der Waals surface area contributed by atoms with Crippen LogP contribution in [-0.2, 0) is 0 Å². The second kappa shape index (κ2) is 4.73. The quantitative estimate of drug-likeness (QED) is 0.641. The van der Waals surface area contributed by atoms with Crippen LogP contribution in [0, 0.1) is 0 Å². The third kappa shape index (κ3) is 1.95. The zero-order valence-electron chi connectivity index (χ0n) is 10.8. The molecule has 0 aliphatic heterocycles. The number of carbonyl (C=O) groups excluding carboxylic acids is 1. The summed E-state index contributed by atoms with van der Waals surface area (Å²) in [4.78, 5) is 11.2. The summed E-state index contributed by atoms with van der Waals surface area (Å²) >= 11 is 0. The molecule has 2 nitrogen and oxygen atoms in total.